The van der Waals surface area contributed by atoms with E-state index in [1.54, 1.807) is 12.1 Å². The molecule has 0 aliphatic carbocycles. The monoisotopic (exact) mass is 427 g/mol. The maximum atomic E-state index is 11.7. The maximum Gasteiger partial charge on any atom is 0.308 e. The van der Waals surface area contributed by atoms with E-state index in [1.807, 2.05) is 25.1 Å². The van der Waals surface area contributed by atoms with E-state index < -0.39 is 17.8 Å². The van der Waals surface area contributed by atoms with Crippen molar-refractivity contribution in [2.24, 2.45) is 0 Å². The van der Waals surface area contributed by atoms with Gasteiger partial charge in [0.2, 0.25) is 5.91 Å². The minimum atomic E-state index is -0.566. The molecule has 2 aromatic carbocycles. The number of hydrogen-bond acceptors (Lipinski definition) is 6. The van der Waals surface area contributed by atoms with Crippen LogP contribution in [0.3, 0.4) is 0 Å². The molecule has 0 aliphatic heterocycles. The van der Waals surface area contributed by atoms with Crippen LogP contribution < -0.4 is 14.8 Å². The lowest BCUT2D eigenvalue weighted by Gasteiger charge is -2.19. The van der Waals surface area contributed by atoms with Crippen LogP contribution in [0, 0.1) is 0 Å². The third kappa shape index (κ3) is 8.22. The second-order valence-corrected chi connectivity index (χ2v) is 7.29. The Morgan fingerprint density at radius 1 is 0.935 bits per heavy atom. The van der Waals surface area contributed by atoms with Gasteiger partial charge >= 0.3 is 11.9 Å². The SMILES string of the molecule is CC(=O)Nc1c(OC(C)=O)ccc(COC(C)CCCc2ccccc2)c1OC(C)=O. The molecule has 1 N–H and O–H groups in total. The molecule has 0 bridgehead atoms. The largest absolute Gasteiger partial charge is 0.424 e. The van der Waals surface area contributed by atoms with Crippen molar-refractivity contribution < 1.29 is 28.6 Å². The van der Waals surface area contributed by atoms with Crippen molar-refractivity contribution in [1.29, 1.82) is 0 Å². The summed E-state index contributed by atoms with van der Waals surface area (Å²) < 4.78 is 16.5. The van der Waals surface area contributed by atoms with E-state index in [2.05, 4.69) is 17.4 Å². The number of hydrogen-bond donors (Lipinski definition) is 1. The molecule has 1 atom stereocenters. The summed E-state index contributed by atoms with van der Waals surface area (Å²) in [6, 6.07) is 13.4. The van der Waals surface area contributed by atoms with Gasteiger partial charge in [0, 0.05) is 26.3 Å². The summed E-state index contributed by atoms with van der Waals surface area (Å²) in [5, 5.41) is 2.58. The summed E-state index contributed by atoms with van der Waals surface area (Å²) in [7, 11) is 0. The van der Waals surface area contributed by atoms with Crippen molar-refractivity contribution in [1.82, 2.24) is 0 Å². The average Bonchev–Trinajstić information content (AvgIpc) is 2.69. The van der Waals surface area contributed by atoms with Crippen molar-refractivity contribution in [3.63, 3.8) is 0 Å². The van der Waals surface area contributed by atoms with Gasteiger partial charge in [0.1, 0.15) is 5.69 Å². The molecule has 2 rings (SSSR count). The summed E-state index contributed by atoms with van der Waals surface area (Å²) in [5.74, 6) is -1.31. The predicted molar refractivity (Wildman–Crippen MR) is 117 cm³/mol. The predicted octanol–water partition coefficient (Wildman–Crippen LogP) is 4.42. The van der Waals surface area contributed by atoms with E-state index in [4.69, 9.17) is 14.2 Å². The number of carbonyl (C=O) groups is 3. The van der Waals surface area contributed by atoms with Crippen LogP contribution in [0.15, 0.2) is 42.5 Å². The number of esters is 2. The fraction of sp³-hybridized carbons (Fsp3) is 0.375. The van der Waals surface area contributed by atoms with Gasteiger partial charge in [-0.05, 0) is 43.9 Å². The lowest BCUT2D eigenvalue weighted by Crippen LogP contribution is -2.15. The average molecular weight is 427 g/mol. The lowest BCUT2D eigenvalue weighted by atomic mass is 10.1. The highest BCUT2D eigenvalue weighted by Gasteiger charge is 2.20. The van der Waals surface area contributed by atoms with Gasteiger partial charge in [-0.1, -0.05) is 30.3 Å². The number of anilines is 1. The van der Waals surface area contributed by atoms with E-state index in [0.717, 1.165) is 19.3 Å². The number of ether oxygens (including phenoxy) is 3. The van der Waals surface area contributed by atoms with Crippen LogP contribution in [0.5, 0.6) is 11.5 Å². The Hall–Kier alpha value is -3.19. The maximum absolute atomic E-state index is 11.7. The van der Waals surface area contributed by atoms with E-state index in [0.29, 0.717) is 5.56 Å². The smallest absolute Gasteiger partial charge is 0.308 e. The first kappa shape index (κ1) is 24.1. The highest BCUT2D eigenvalue weighted by molar-refractivity contribution is 5.94. The first-order valence-corrected chi connectivity index (χ1v) is 10.2. The minimum Gasteiger partial charge on any atom is -0.424 e. The fourth-order valence-electron chi connectivity index (χ4n) is 3.07. The number of benzene rings is 2. The molecule has 166 valence electrons. The molecule has 0 saturated heterocycles. The topological polar surface area (TPSA) is 90.9 Å². The minimum absolute atomic E-state index is 0.0220. The molecule has 1 amide bonds. The van der Waals surface area contributed by atoms with Crippen LogP contribution in [0.25, 0.3) is 0 Å². The van der Waals surface area contributed by atoms with Crippen LogP contribution in [0.1, 0.15) is 51.7 Å². The van der Waals surface area contributed by atoms with Crippen LogP contribution in [-0.4, -0.2) is 23.9 Å². The van der Waals surface area contributed by atoms with Gasteiger partial charge in [-0.2, -0.15) is 0 Å². The van der Waals surface area contributed by atoms with Crippen LogP contribution in [0.4, 0.5) is 5.69 Å². The Balaban J connectivity index is 2.11. The number of carbonyl (C=O) groups excluding carboxylic acids is 3. The second-order valence-electron chi connectivity index (χ2n) is 7.29. The molecule has 0 aliphatic rings. The summed E-state index contributed by atoms with van der Waals surface area (Å²) >= 11 is 0. The molecule has 0 heterocycles. The zero-order valence-corrected chi connectivity index (χ0v) is 18.4. The third-order valence-electron chi connectivity index (χ3n) is 4.44. The first-order valence-electron chi connectivity index (χ1n) is 10.2. The lowest BCUT2D eigenvalue weighted by molar-refractivity contribution is -0.132. The molecule has 7 heteroatoms. The molecule has 7 nitrogen and oxygen atoms in total. The molecule has 2 aromatic rings. The standard InChI is InChI=1S/C24H29NO6/c1-16(9-8-12-20-10-6-5-7-11-20)29-15-21-13-14-22(30-18(3)27)23(25-17(2)26)24(21)31-19(4)28/h5-7,10-11,13-14,16H,8-9,12,15H2,1-4H3,(H,25,26). The van der Waals surface area contributed by atoms with Crippen molar-refractivity contribution in [2.45, 2.75) is 59.7 Å². The number of amides is 1. The molecule has 0 aromatic heterocycles. The highest BCUT2D eigenvalue weighted by Crippen LogP contribution is 2.39. The number of nitrogens with one attached hydrogen (secondary N) is 1. The van der Waals surface area contributed by atoms with Crippen molar-refractivity contribution in [2.75, 3.05) is 5.32 Å². The molecular weight excluding hydrogens is 398 g/mol. The van der Waals surface area contributed by atoms with E-state index in [-0.39, 0.29) is 29.9 Å². The summed E-state index contributed by atoms with van der Waals surface area (Å²) in [6.07, 6.45) is 2.79. The zero-order valence-electron chi connectivity index (χ0n) is 18.4. The summed E-state index contributed by atoms with van der Waals surface area (Å²) in [4.78, 5) is 34.8. The molecule has 0 radical (unpaired) electrons. The first-order chi connectivity index (χ1) is 14.8. The summed E-state index contributed by atoms with van der Waals surface area (Å²) in [5.41, 5.74) is 1.97. The molecule has 31 heavy (non-hydrogen) atoms. The van der Waals surface area contributed by atoms with Crippen molar-refractivity contribution in [3.05, 3.63) is 53.6 Å². The Kier molecular flexibility index (Phi) is 9.21. The zero-order chi connectivity index (χ0) is 22.8. The quantitative estimate of drug-likeness (QED) is 0.446. The van der Waals surface area contributed by atoms with Gasteiger partial charge in [-0.15, -0.1) is 0 Å². The Labute approximate surface area is 182 Å². The van der Waals surface area contributed by atoms with Gasteiger partial charge in [-0.3, -0.25) is 14.4 Å². The molecule has 0 fully saturated rings. The Morgan fingerprint density at radius 3 is 2.23 bits per heavy atom. The fourth-order valence-corrected chi connectivity index (χ4v) is 3.07. The van der Waals surface area contributed by atoms with Gasteiger partial charge in [-0.25, -0.2) is 0 Å². The molecular formula is C24H29NO6. The van der Waals surface area contributed by atoms with Gasteiger partial charge in [0.25, 0.3) is 0 Å². The van der Waals surface area contributed by atoms with Crippen LogP contribution >= 0.6 is 0 Å². The van der Waals surface area contributed by atoms with Gasteiger partial charge in [0.15, 0.2) is 11.5 Å². The normalized spacial score (nSPS) is 11.5. The molecule has 1 unspecified atom stereocenters. The summed E-state index contributed by atoms with van der Waals surface area (Å²) in [6.45, 7) is 5.97. The van der Waals surface area contributed by atoms with Crippen LogP contribution in [-0.2, 0) is 32.1 Å². The van der Waals surface area contributed by atoms with E-state index in [1.165, 1.54) is 26.3 Å². The Bertz CT molecular complexity index is 910. The van der Waals surface area contributed by atoms with Gasteiger partial charge < -0.3 is 19.5 Å². The second kappa shape index (κ2) is 11.9. The molecule has 0 saturated carbocycles. The number of rotatable bonds is 10. The van der Waals surface area contributed by atoms with Crippen molar-refractivity contribution in [3.8, 4) is 11.5 Å². The van der Waals surface area contributed by atoms with Gasteiger partial charge in [0.05, 0.1) is 12.7 Å². The van der Waals surface area contributed by atoms with Crippen molar-refractivity contribution >= 4 is 23.5 Å². The van der Waals surface area contributed by atoms with E-state index >= 15 is 0 Å². The highest BCUT2D eigenvalue weighted by atomic mass is 16.5. The van der Waals surface area contributed by atoms with E-state index in [9.17, 15) is 14.4 Å². The third-order valence-corrected chi connectivity index (χ3v) is 4.44. The number of aryl methyl sites for hydroxylation is 1. The van der Waals surface area contributed by atoms with Crippen LogP contribution in [0.2, 0.25) is 0 Å². The Morgan fingerprint density at radius 2 is 1.61 bits per heavy atom. The molecule has 0 spiro atoms.